The molecule has 0 spiro atoms. The van der Waals surface area contributed by atoms with Gasteiger partial charge in [-0.2, -0.15) is 5.26 Å². The molecular formula is C17H22N2O2. The third-order valence-corrected chi connectivity index (χ3v) is 4.01. The quantitative estimate of drug-likeness (QED) is 0.847. The Morgan fingerprint density at radius 2 is 2.24 bits per heavy atom. The van der Waals surface area contributed by atoms with Gasteiger partial charge in [-0.3, -0.25) is 4.79 Å². The van der Waals surface area contributed by atoms with Crippen molar-refractivity contribution in [1.29, 1.82) is 5.26 Å². The highest BCUT2D eigenvalue weighted by Crippen LogP contribution is 2.25. The van der Waals surface area contributed by atoms with E-state index in [9.17, 15) is 4.79 Å². The fraction of sp³-hybridized carbons (Fsp3) is 0.529. The minimum Gasteiger partial charge on any atom is -0.376 e. The minimum absolute atomic E-state index is 0.160. The van der Waals surface area contributed by atoms with Gasteiger partial charge in [0.05, 0.1) is 24.3 Å². The van der Waals surface area contributed by atoms with Gasteiger partial charge in [0, 0.05) is 12.1 Å². The van der Waals surface area contributed by atoms with E-state index in [4.69, 9.17) is 10.00 Å². The minimum atomic E-state index is -0.160. The van der Waals surface area contributed by atoms with Crippen LogP contribution in [0.15, 0.2) is 24.3 Å². The van der Waals surface area contributed by atoms with Crippen LogP contribution in [0.4, 0.5) is 0 Å². The number of nitrogens with one attached hydrogen (secondary N) is 1. The average molecular weight is 286 g/mol. The molecule has 1 saturated carbocycles. The van der Waals surface area contributed by atoms with E-state index in [1.54, 1.807) is 24.3 Å². The largest absolute Gasteiger partial charge is 0.376 e. The van der Waals surface area contributed by atoms with Crippen molar-refractivity contribution in [2.24, 2.45) is 5.92 Å². The van der Waals surface area contributed by atoms with Crippen LogP contribution in [0.1, 0.15) is 48.5 Å². The Hall–Kier alpha value is -1.86. The summed E-state index contributed by atoms with van der Waals surface area (Å²) in [5.41, 5.74) is 1.01. The summed E-state index contributed by atoms with van der Waals surface area (Å²) in [4.78, 5) is 12.0. The summed E-state index contributed by atoms with van der Waals surface area (Å²) >= 11 is 0. The molecule has 4 nitrogen and oxygen atoms in total. The van der Waals surface area contributed by atoms with Gasteiger partial charge >= 0.3 is 0 Å². The maximum Gasteiger partial charge on any atom is 0.251 e. The van der Waals surface area contributed by atoms with Crippen LogP contribution in [0.5, 0.6) is 0 Å². The lowest BCUT2D eigenvalue weighted by Crippen LogP contribution is -2.31. The third kappa shape index (κ3) is 4.57. The van der Waals surface area contributed by atoms with Crippen LogP contribution in [0, 0.1) is 17.2 Å². The highest BCUT2D eigenvalue weighted by atomic mass is 16.5. The molecule has 0 aliphatic heterocycles. The summed E-state index contributed by atoms with van der Waals surface area (Å²) in [5.74, 6) is 0.453. The topological polar surface area (TPSA) is 62.1 Å². The van der Waals surface area contributed by atoms with E-state index in [1.165, 1.54) is 19.3 Å². The van der Waals surface area contributed by atoms with Crippen molar-refractivity contribution in [3.05, 3.63) is 35.4 Å². The maximum absolute atomic E-state index is 12.0. The van der Waals surface area contributed by atoms with Crippen molar-refractivity contribution >= 4 is 5.91 Å². The molecule has 1 fully saturated rings. The molecule has 1 amide bonds. The van der Waals surface area contributed by atoms with Crippen molar-refractivity contribution in [2.75, 3.05) is 13.2 Å². The van der Waals surface area contributed by atoms with Crippen LogP contribution >= 0.6 is 0 Å². The Morgan fingerprint density at radius 1 is 1.43 bits per heavy atom. The number of rotatable bonds is 5. The fourth-order valence-corrected chi connectivity index (χ4v) is 2.74. The molecule has 0 unspecified atom stereocenters. The van der Waals surface area contributed by atoms with Crippen LogP contribution < -0.4 is 5.32 Å². The van der Waals surface area contributed by atoms with Crippen LogP contribution in [-0.4, -0.2) is 25.2 Å². The second-order valence-corrected chi connectivity index (χ2v) is 5.62. The number of ether oxygens (including phenoxy) is 1. The molecule has 0 radical (unpaired) electrons. The highest BCUT2D eigenvalue weighted by Gasteiger charge is 2.21. The summed E-state index contributed by atoms with van der Waals surface area (Å²) in [6.07, 6.45) is 5.23. The molecule has 1 aromatic rings. The monoisotopic (exact) mass is 286 g/mol. The number of hydrogen-bond donors (Lipinski definition) is 1. The van der Waals surface area contributed by atoms with Gasteiger partial charge in [0.15, 0.2) is 0 Å². The molecule has 21 heavy (non-hydrogen) atoms. The first-order valence-electron chi connectivity index (χ1n) is 7.60. The number of hydrogen-bond acceptors (Lipinski definition) is 3. The molecule has 0 aromatic heterocycles. The summed E-state index contributed by atoms with van der Waals surface area (Å²) in [5, 5.41) is 11.7. The number of nitrogens with zero attached hydrogens (tertiary/aromatic N) is 1. The molecular weight excluding hydrogens is 264 g/mol. The number of nitriles is 1. The Morgan fingerprint density at radius 3 is 3.00 bits per heavy atom. The highest BCUT2D eigenvalue weighted by molar-refractivity contribution is 5.94. The number of amides is 1. The van der Waals surface area contributed by atoms with Gasteiger partial charge in [0.2, 0.25) is 0 Å². The first kappa shape index (κ1) is 15.5. The Bertz CT molecular complexity index is 522. The lowest BCUT2D eigenvalue weighted by atomic mass is 9.88. The fourth-order valence-electron chi connectivity index (χ4n) is 2.74. The van der Waals surface area contributed by atoms with Crippen molar-refractivity contribution in [3.8, 4) is 6.07 Å². The predicted molar refractivity (Wildman–Crippen MR) is 80.9 cm³/mol. The normalized spacial score (nSPS) is 21.5. The van der Waals surface area contributed by atoms with Gasteiger partial charge in [0.1, 0.15) is 0 Å². The van der Waals surface area contributed by atoms with Gasteiger partial charge < -0.3 is 10.1 Å². The lowest BCUT2D eigenvalue weighted by molar-refractivity contribution is -0.00293. The first-order chi connectivity index (χ1) is 10.2. The van der Waals surface area contributed by atoms with E-state index in [-0.39, 0.29) is 5.91 Å². The average Bonchev–Trinajstić information content (AvgIpc) is 2.53. The summed E-state index contributed by atoms with van der Waals surface area (Å²) < 4.78 is 5.86. The van der Waals surface area contributed by atoms with E-state index in [2.05, 4.69) is 12.2 Å². The standard InChI is InChI=1S/C17H22N2O2/c1-13-5-2-3-8-16(13)21-10-9-19-17(20)15-7-4-6-14(11-15)12-18/h4,6-7,11,13,16H,2-3,5,8-10H2,1H3,(H,19,20)/t13-,16-/m0/s1. The number of benzene rings is 1. The Balaban J connectivity index is 1.73. The number of carbonyl (C=O) groups is 1. The second-order valence-electron chi connectivity index (χ2n) is 5.62. The molecule has 4 heteroatoms. The molecule has 1 aliphatic carbocycles. The molecule has 0 saturated heterocycles. The van der Waals surface area contributed by atoms with Crippen molar-refractivity contribution in [3.63, 3.8) is 0 Å². The van der Waals surface area contributed by atoms with Crippen LogP contribution in [0.25, 0.3) is 0 Å². The molecule has 1 aliphatic rings. The predicted octanol–water partition coefficient (Wildman–Crippen LogP) is 2.88. The van der Waals surface area contributed by atoms with Crippen molar-refractivity contribution in [2.45, 2.75) is 38.7 Å². The molecule has 1 aromatic carbocycles. The Labute approximate surface area is 126 Å². The van der Waals surface area contributed by atoms with Gasteiger partial charge in [-0.15, -0.1) is 0 Å². The van der Waals surface area contributed by atoms with Crippen LogP contribution in [0.2, 0.25) is 0 Å². The van der Waals surface area contributed by atoms with E-state index in [0.29, 0.717) is 36.3 Å². The molecule has 112 valence electrons. The summed E-state index contributed by atoms with van der Waals surface area (Å²) in [6, 6.07) is 8.74. The van der Waals surface area contributed by atoms with E-state index < -0.39 is 0 Å². The maximum atomic E-state index is 12.0. The summed E-state index contributed by atoms with van der Waals surface area (Å²) in [7, 11) is 0. The van der Waals surface area contributed by atoms with Crippen LogP contribution in [0.3, 0.4) is 0 Å². The molecule has 0 heterocycles. The third-order valence-electron chi connectivity index (χ3n) is 4.01. The van der Waals surface area contributed by atoms with Crippen molar-refractivity contribution < 1.29 is 9.53 Å². The lowest BCUT2D eigenvalue weighted by Gasteiger charge is -2.28. The molecule has 2 atom stereocenters. The van der Waals surface area contributed by atoms with Gasteiger partial charge in [-0.1, -0.05) is 25.8 Å². The smallest absolute Gasteiger partial charge is 0.251 e. The van der Waals surface area contributed by atoms with Crippen molar-refractivity contribution in [1.82, 2.24) is 5.32 Å². The van der Waals surface area contributed by atoms with E-state index >= 15 is 0 Å². The molecule has 2 rings (SSSR count). The van der Waals surface area contributed by atoms with Gasteiger partial charge in [-0.05, 0) is 37.0 Å². The van der Waals surface area contributed by atoms with E-state index in [1.807, 2.05) is 6.07 Å². The molecule has 0 bridgehead atoms. The second kappa shape index (κ2) is 7.80. The SMILES string of the molecule is C[C@H]1CCCC[C@@H]1OCCNC(=O)c1cccc(C#N)c1. The van der Waals surface area contributed by atoms with Gasteiger partial charge in [0.25, 0.3) is 5.91 Å². The zero-order valence-corrected chi connectivity index (χ0v) is 12.5. The summed E-state index contributed by atoms with van der Waals surface area (Å²) in [6.45, 7) is 3.27. The molecule has 1 N–H and O–H groups in total. The first-order valence-corrected chi connectivity index (χ1v) is 7.60. The number of carbonyl (C=O) groups excluding carboxylic acids is 1. The van der Waals surface area contributed by atoms with E-state index in [0.717, 1.165) is 6.42 Å². The zero-order chi connectivity index (χ0) is 15.1. The Kier molecular flexibility index (Phi) is 5.77. The van der Waals surface area contributed by atoms with Crippen LogP contribution in [-0.2, 0) is 4.74 Å². The van der Waals surface area contributed by atoms with Gasteiger partial charge in [-0.25, -0.2) is 0 Å². The zero-order valence-electron chi connectivity index (χ0n) is 12.5.